The summed E-state index contributed by atoms with van der Waals surface area (Å²) in [5.74, 6) is -2.53. The number of hydrogen-bond acceptors (Lipinski definition) is 12. The van der Waals surface area contributed by atoms with Crippen molar-refractivity contribution < 1.29 is 48.6 Å². The highest BCUT2D eigenvalue weighted by Gasteiger charge is 2.57. The van der Waals surface area contributed by atoms with Crippen LogP contribution in [0.5, 0.6) is 0 Å². The van der Waals surface area contributed by atoms with Crippen molar-refractivity contribution in [1.82, 2.24) is 9.80 Å². The fourth-order valence-electron chi connectivity index (χ4n) is 7.35. The lowest BCUT2D eigenvalue weighted by Crippen LogP contribution is -2.59. The smallest absolute Gasteiger partial charge is 0.458 e. The number of carbonyl (C=O) groups excluding carboxylic acids is 2. The van der Waals surface area contributed by atoms with E-state index in [1.54, 1.807) is 27.7 Å². The van der Waals surface area contributed by atoms with E-state index in [2.05, 4.69) is 0 Å². The second-order valence-electron chi connectivity index (χ2n) is 14.0. The first-order valence-electron chi connectivity index (χ1n) is 15.7. The van der Waals surface area contributed by atoms with Gasteiger partial charge in [0.25, 0.3) is 0 Å². The van der Waals surface area contributed by atoms with Gasteiger partial charge in [-0.05, 0) is 80.9 Å². The Balaban J connectivity index is 2.01. The molecule has 14 atom stereocenters. The molecule has 0 bridgehead atoms. The summed E-state index contributed by atoms with van der Waals surface area (Å²) in [5.41, 5.74) is -2.74. The molecule has 12 nitrogen and oxygen atoms in total. The maximum atomic E-state index is 13.5. The number of rotatable bonds is 4. The highest BCUT2D eigenvalue weighted by Crippen LogP contribution is 2.39. The van der Waals surface area contributed by atoms with Crippen LogP contribution in [0.2, 0.25) is 0 Å². The van der Waals surface area contributed by atoms with Crippen molar-refractivity contribution in [3.05, 3.63) is 0 Å². The van der Waals surface area contributed by atoms with Gasteiger partial charge in [-0.25, -0.2) is 4.79 Å². The average molecular weight is 617 g/mol. The molecule has 250 valence electrons. The lowest BCUT2D eigenvalue weighted by atomic mass is 9.78. The van der Waals surface area contributed by atoms with Gasteiger partial charge in [-0.2, -0.15) is 0 Å². The highest BCUT2D eigenvalue weighted by atomic mass is 16.8. The summed E-state index contributed by atoms with van der Waals surface area (Å²) >= 11 is 0. The molecule has 0 spiro atoms. The van der Waals surface area contributed by atoms with E-state index in [0.717, 1.165) is 0 Å². The van der Waals surface area contributed by atoms with Crippen LogP contribution in [-0.2, 0) is 28.5 Å². The zero-order valence-electron chi connectivity index (χ0n) is 27.9. The van der Waals surface area contributed by atoms with E-state index in [4.69, 9.17) is 23.7 Å². The van der Waals surface area contributed by atoms with Gasteiger partial charge in [0.1, 0.15) is 12.2 Å². The summed E-state index contributed by atoms with van der Waals surface area (Å²) < 4.78 is 29.7. The summed E-state index contributed by atoms with van der Waals surface area (Å²) in [6.07, 6.45) is -5.70. The molecule has 3 heterocycles. The van der Waals surface area contributed by atoms with Crippen LogP contribution in [0.25, 0.3) is 0 Å². The first-order chi connectivity index (χ1) is 19.8. The largest absolute Gasteiger partial charge is 0.509 e. The highest BCUT2D eigenvalue weighted by molar-refractivity contribution is 5.73. The number of fused-ring (bicyclic) bond motifs is 1. The molecule has 3 saturated heterocycles. The number of esters is 1. The second kappa shape index (κ2) is 13.8. The van der Waals surface area contributed by atoms with Gasteiger partial charge in [0.05, 0.1) is 29.8 Å². The van der Waals surface area contributed by atoms with Crippen LogP contribution < -0.4 is 0 Å². The van der Waals surface area contributed by atoms with Crippen LogP contribution in [0.3, 0.4) is 0 Å². The lowest BCUT2D eigenvalue weighted by Gasteiger charge is -2.46. The standard InChI is InChI=1S/C31H56N2O10/c1-12-22-31(8)26(42-29(37)43-31)20(6)33(11)15-16(2)14-30(7,38)25(18(4)23(34)19(5)27(36)40-22)41-28-24(35)21(32(9)10)13-17(3)39-28/h16-26,28,34-35,38H,12-15H2,1-11H3/t16-,17-,18+,19-,20-,21+,22-,23+,24-,25+,26-,28+,30-,31-/m1/s1. The van der Waals surface area contributed by atoms with Gasteiger partial charge in [0, 0.05) is 24.5 Å². The Morgan fingerprint density at radius 3 is 2.26 bits per heavy atom. The number of aliphatic hydroxyl groups is 3. The van der Waals surface area contributed by atoms with Crippen molar-refractivity contribution in [2.75, 3.05) is 27.7 Å². The third kappa shape index (κ3) is 7.65. The Kier molecular flexibility index (Phi) is 11.6. The Hall–Kier alpha value is -1.54. The number of hydrogen-bond donors (Lipinski definition) is 3. The molecular weight excluding hydrogens is 560 g/mol. The van der Waals surface area contributed by atoms with E-state index in [0.29, 0.717) is 19.4 Å². The summed E-state index contributed by atoms with van der Waals surface area (Å²) in [6, 6.07) is -0.543. The third-order valence-corrected chi connectivity index (χ3v) is 9.92. The van der Waals surface area contributed by atoms with E-state index in [-0.39, 0.29) is 30.5 Å². The SMILES string of the molecule is CC[C@H]1OC(=O)[C@H](C)[C@@H](O)[C@H](C)[C@H](O[C@@H]2O[C@H](C)C[C@H](N(C)C)[C@H]2O)[C@](C)(O)C[C@@H](C)CN(C)[C@H](C)[C@H]2OC(=O)O[C@@]21C. The minimum absolute atomic E-state index is 0.0739. The Morgan fingerprint density at radius 2 is 1.67 bits per heavy atom. The first-order valence-corrected chi connectivity index (χ1v) is 15.7. The second-order valence-corrected chi connectivity index (χ2v) is 14.0. The van der Waals surface area contributed by atoms with Crippen LogP contribution in [0.4, 0.5) is 4.79 Å². The number of carbonyl (C=O) groups is 2. The van der Waals surface area contributed by atoms with Crippen molar-refractivity contribution >= 4 is 12.1 Å². The Labute approximate surface area is 256 Å². The van der Waals surface area contributed by atoms with Crippen LogP contribution >= 0.6 is 0 Å². The van der Waals surface area contributed by atoms with Gasteiger partial charge in [-0.1, -0.05) is 20.8 Å². The Morgan fingerprint density at radius 1 is 1.05 bits per heavy atom. The van der Waals surface area contributed by atoms with Crippen molar-refractivity contribution in [1.29, 1.82) is 0 Å². The minimum Gasteiger partial charge on any atom is -0.458 e. The average Bonchev–Trinajstić information content (AvgIpc) is 3.22. The van der Waals surface area contributed by atoms with E-state index in [1.807, 2.05) is 58.6 Å². The number of cyclic esters (lactones) is 1. The monoisotopic (exact) mass is 616 g/mol. The predicted octanol–water partition coefficient (Wildman–Crippen LogP) is 2.16. The number of aliphatic hydroxyl groups excluding tert-OH is 2. The van der Waals surface area contributed by atoms with Gasteiger partial charge in [0.2, 0.25) is 0 Å². The predicted molar refractivity (Wildman–Crippen MR) is 158 cm³/mol. The Bertz CT molecular complexity index is 965. The molecule has 0 aromatic carbocycles. The van der Waals surface area contributed by atoms with Gasteiger partial charge in [0.15, 0.2) is 18.0 Å². The summed E-state index contributed by atoms with van der Waals surface area (Å²) in [7, 11) is 5.67. The number of ether oxygens (including phenoxy) is 5. The molecule has 3 aliphatic heterocycles. The van der Waals surface area contributed by atoms with Gasteiger partial charge < -0.3 is 43.9 Å². The molecule has 3 N–H and O–H groups in total. The molecule has 3 aliphatic rings. The molecule has 0 radical (unpaired) electrons. The van der Waals surface area contributed by atoms with E-state index in [9.17, 15) is 24.9 Å². The van der Waals surface area contributed by atoms with Crippen LogP contribution in [0.1, 0.15) is 74.7 Å². The van der Waals surface area contributed by atoms with Crippen molar-refractivity contribution in [3.8, 4) is 0 Å². The fourth-order valence-corrected chi connectivity index (χ4v) is 7.35. The van der Waals surface area contributed by atoms with Gasteiger partial charge >= 0.3 is 12.1 Å². The molecule has 12 heteroatoms. The van der Waals surface area contributed by atoms with E-state index in [1.165, 1.54) is 0 Å². The molecule has 43 heavy (non-hydrogen) atoms. The van der Waals surface area contributed by atoms with Gasteiger partial charge in [-0.15, -0.1) is 0 Å². The molecule has 0 saturated carbocycles. The molecule has 3 fully saturated rings. The molecule has 3 rings (SSSR count). The first kappa shape index (κ1) is 35.9. The summed E-state index contributed by atoms with van der Waals surface area (Å²) in [5, 5.41) is 34.8. The molecule has 0 unspecified atom stereocenters. The van der Waals surface area contributed by atoms with Gasteiger partial charge in [-0.3, -0.25) is 9.69 Å². The summed E-state index contributed by atoms with van der Waals surface area (Å²) in [4.78, 5) is 29.9. The maximum absolute atomic E-state index is 13.5. The zero-order valence-corrected chi connectivity index (χ0v) is 27.9. The normalized spacial score (nSPS) is 47.6. The van der Waals surface area contributed by atoms with E-state index < -0.39 is 72.0 Å². The molecule has 0 aromatic rings. The van der Waals surface area contributed by atoms with E-state index >= 15 is 0 Å². The number of likely N-dealkylation sites (N-methyl/N-ethyl adjacent to an activating group) is 2. The topological polar surface area (TPSA) is 147 Å². The molecule has 0 aromatic heterocycles. The third-order valence-electron chi connectivity index (χ3n) is 9.92. The maximum Gasteiger partial charge on any atom is 0.509 e. The zero-order chi connectivity index (χ0) is 32.6. The van der Waals surface area contributed by atoms with Crippen LogP contribution in [0.15, 0.2) is 0 Å². The van der Waals surface area contributed by atoms with Crippen LogP contribution in [-0.4, -0.2) is 131 Å². The lowest BCUT2D eigenvalue weighted by molar-refractivity contribution is -0.299. The molecular formula is C31H56N2O10. The van der Waals surface area contributed by atoms with Crippen molar-refractivity contribution in [2.24, 2.45) is 17.8 Å². The minimum atomic E-state index is -1.49. The molecule has 0 aliphatic carbocycles. The van der Waals surface area contributed by atoms with Crippen molar-refractivity contribution in [3.63, 3.8) is 0 Å². The summed E-state index contributed by atoms with van der Waals surface area (Å²) in [6.45, 7) is 14.8. The van der Waals surface area contributed by atoms with Crippen molar-refractivity contribution in [2.45, 2.75) is 141 Å². The number of nitrogens with zero attached hydrogens (tertiary/aromatic N) is 2. The quantitative estimate of drug-likeness (QED) is 0.398. The fraction of sp³-hybridized carbons (Fsp3) is 0.935. The molecule has 0 amide bonds. The van der Waals surface area contributed by atoms with Crippen LogP contribution in [0, 0.1) is 17.8 Å².